The molecule has 6 nitrogen and oxygen atoms in total. The number of hydrogen-bond acceptors (Lipinski definition) is 5. The number of benzene rings is 2. The lowest BCUT2D eigenvalue weighted by Gasteiger charge is -2.17. The second-order valence-electron chi connectivity index (χ2n) is 5.45. The van der Waals surface area contributed by atoms with E-state index < -0.39 is 15.8 Å². The van der Waals surface area contributed by atoms with Crippen molar-refractivity contribution in [3.8, 4) is 5.75 Å². The number of hydrogen-bond donors (Lipinski definition) is 2. The number of carboxylic acids is 1. The van der Waals surface area contributed by atoms with E-state index in [1.807, 2.05) is 6.92 Å². The van der Waals surface area contributed by atoms with Crippen molar-refractivity contribution in [3.63, 3.8) is 0 Å². The molecular formula is C18H22ClNO5S. The fourth-order valence-electron chi connectivity index (χ4n) is 2.60. The highest BCUT2D eigenvalue weighted by molar-refractivity contribution is 7.90. The SMILES string of the molecule is CCc1c(CS(=O)(=O)c2ccccc2)ccc(C(=O)O)c1OCCN.Cl. The average molecular weight is 400 g/mol. The molecule has 0 saturated heterocycles. The van der Waals surface area contributed by atoms with Crippen LogP contribution in [0.5, 0.6) is 5.75 Å². The summed E-state index contributed by atoms with van der Waals surface area (Å²) in [6.07, 6.45) is 0.445. The first-order chi connectivity index (χ1) is 11.9. The zero-order valence-corrected chi connectivity index (χ0v) is 16.0. The molecule has 0 radical (unpaired) electrons. The molecule has 0 unspecified atom stereocenters. The van der Waals surface area contributed by atoms with Gasteiger partial charge in [-0.05, 0) is 35.7 Å². The summed E-state index contributed by atoms with van der Waals surface area (Å²) in [7, 11) is -3.54. The van der Waals surface area contributed by atoms with E-state index in [9.17, 15) is 18.3 Å². The molecule has 0 bridgehead atoms. The van der Waals surface area contributed by atoms with Crippen LogP contribution in [0.4, 0.5) is 0 Å². The van der Waals surface area contributed by atoms with Crippen molar-refractivity contribution >= 4 is 28.2 Å². The highest BCUT2D eigenvalue weighted by atomic mass is 35.5. The number of rotatable bonds is 8. The van der Waals surface area contributed by atoms with Crippen LogP contribution in [0.3, 0.4) is 0 Å². The van der Waals surface area contributed by atoms with Crippen molar-refractivity contribution in [2.75, 3.05) is 13.2 Å². The van der Waals surface area contributed by atoms with Crippen LogP contribution in [-0.2, 0) is 22.0 Å². The third kappa shape index (κ3) is 4.97. The normalized spacial score (nSPS) is 10.8. The Hall–Kier alpha value is -2.09. The Kier molecular flexibility index (Phi) is 8.08. The van der Waals surface area contributed by atoms with Gasteiger partial charge in [-0.1, -0.05) is 31.2 Å². The smallest absolute Gasteiger partial charge is 0.339 e. The van der Waals surface area contributed by atoms with Gasteiger partial charge in [0.2, 0.25) is 0 Å². The minimum atomic E-state index is -3.54. The van der Waals surface area contributed by atoms with Crippen LogP contribution in [0.2, 0.25) is 0 Å². The van der Waals surface area contributed by atoms with Gasteiger partial charge < -0.3 is 15.6 Å². The number of carbonyl (C=O) groups is 1. The zero-order valence-electron chi connectivity index (χ0n) is 14.3. The van der Waals surface area contributed by atoms with Gasteiger partial charge in [0, 0.05) is 6.54 Å². The minimum absolute atomic E-state index is 0. The average Bonchev–Trinajstić information content (AvgIpc) is 2.60. The summed E-state index contributed by atoms with van der Waals surface area (Å²) in [5, 5.41) is 9.36. The molecule has 3 N–H and O–H groups in total. The highest BCUT2D eigenvalue weighted by Crippen LogP contribution is 2.30. The van der Waals surface area contributed by atoms with Crippen molar-refractivity contribution in [2.24, 2.45) is 5.73 Å². The Balaban J connectivity index is 0.00000338. The number of halogens is 1. The summed E-state index contributed by atoms with van der Waals surface area (Å²) >= 11 is 0. The lowest BCUT2D eigenvalue weighted by molar-refractivity contribution is 0.0692. The van der Waals surface area contributed by atoms with E-state index in [1.165, 1.54) is 12.1 Å². The molecule has 0 spiro atoms. The van der Waals surface area contributed by atoms with Crippen molar-refractivity contribution in [3.05, 3.63) is 59.2 Å². The van der Waals surface area contributed by atoms with Crippen LogP contribution >= 0.6 is 12.4 Å². The van der Waals surface area contributed by atoms with E-state index in [4.69, 9.17) is 10.5 Å². The number of sulfone groups is 1. The van der Waals surface area contributed by atoms with Crippen LogP contribution in [0.1, 0.15) is 28.4 Å². The maximum absolute atomic E-state index is 12.6. The first kappa shape index (κ1) is 22.0. The van der Waals surface area contributed by atoms with E-state index >= 15 is 0 Å². The first-order valence-electron chi connectivity index (χ1n) is 7.89. The van der Waals surface area contributed by atoms with Crippen molar-refractivity contribution in [2.45, 2.75) is 24.0 Å². The van der Waals surface area contributed by atoms with Gasteiger partial charge in [-0.2, -0.15) is 0 Å². The fourth-order valence-corrected chi connectivity index (χ4v) is 4.02. The summed E-state index contributed by atoms with van der Waals surface area (Å²) in [5.41, 5.74) is 6.55. The molecule has 0 aromatic heterocycles. The Bertz CT molecular complexity index is 853. The van der Waals surface area contributed by atoms with Crippen LogP contribution in [-0.4, -0.2) is 32.6 Å². The summed E-state index contributed by atoms with van der Waals surface area (Å²) in [5.74, 6) is -1.15. The molecule has 0 aliphatic carbocycles. The molecule has 26 heavy (non-hydrogen) atoms. The van der Waals surface area contributed by atoms with E-state index in [-0.39, 0.29) is 47.5 Å². The predicted molar refractivity (Wildman–Crippen MR) is 102 cm³/mol. The maximum atomic E-state index is 12.6. The molecule has 0 aliphatic rings. The summed E-state index contributed by atoms with van der Waals surface area (Å²) < 4.78 is 30.8. The van der Waals surface area contributed by atoms with E-state index in [0.29, 0.717) is 17.5 Å². The second kappa shape index (κ2) is 9.56. The molecular weight excluding hydrogens is 378 g/mol. The molecule has 2 aromatic rings. The van der Waals surface area contributed by atoms with Gasteiger partial charge >= 0.3 is 5.97 Å². The molecule has 0 aliphatic heterocycles. The third-order valence-corrected chi connectivity index (χ3v) is 5.44. The van der Waals surface area contributed by atoms with Crippen molar-refractivity contribution < 1.29 is 23.1 Å². The standard InChI is InChI=1S/C18H21NO5S.ClH/c1-2-15-13(12-25(22,23)14-6-4-3-5-7-14)8-9-16(18(20)21)17(15)24-11-10-19;/h3-9H,2,10-12,19H2,1H3,(H,20,21);1H. The van der Waals surface area contributed by atoms with Gasteiger partial charge in [0.1, 0.15) is 17.9 Å². The molecule has 0 saturated carbocycles. The molecule has 0 amide bonds. The number of ether oxygens (including phenoxy) is 1. The maximum Gasteiger partial charge on any atom is 0.339 e. The van der Waals surface area contributed by atoms with Crippen LogP contribution < -0.4 is 10.5 Å². The summed E-state index contributed by atoms with van der Waals surface area (Å²) in [6.45, 7) is 2.21. The molecule has 2 rings (SSSR count). The first-order valence-corrected chi connectivity index (χ1v) is 9.54. The largest absolute Gasteiger partial charge is 0.491 e. The topological polar surface area (TPSA) is 107 Å². The van der Waals surface area contributed by atoms with Gasteiger partial charge in [0.15, 0.2) is 9.84 Å². The van der Waals surface area contributed by atoms with E-state index in [2.05, 4.69) is 0 Å². The van der Waals surface area contributed by atoms with Crippen LogP contribution in [0.25, 0.3) is 0 Å². The molecule has 0 atom stereocenters. The Labute approximate surface area is 159 Å². The van der Waals surface area contributed by atoms with Crippen LogP contribution in [0, 0.1) is 0 Å². The fraction of sp³-hybridized carbons (Fsp3) is 0.278. The van der Waals surface area contributed by atoms with Crippen molar-refractivity contribution in [1.82, 2.24) is 0 Å². The van der Waals surface area contributed by atoms with Crippen LogP contribution in [0.15, 0.2) is 47.4 Å². The van der Waals surface area contributed by atoms with Gasteiger partial charge in [-0.15, -0.1) is 12.4 Å². The molecule has 8 heteroatoms. The zero-order chi connectivity index (χ0) is 18.4. The van der Waals surface area contributed by atoms with Gasteiger partial charge in [0.05, 0.1) is 10.6 Å². The quantitative estimate of drug-likeness (QED) is 0.706. The predicted octanol–water partition coefficient (Wildman–Crippen LogP) is 2.68. The van der Waals surface area contributed by atoms with Gasteiger partial charge in [-0.3, -0.25) is 0 Å². The molecule has 142 valence electrons. The minimum Gasteiger partial charge on any atom is -0.491 e. The van der Waals surface area contributed by atoms with E-state index in [0.717, 1.165) is 0 Å². The van der Waals surface area contributed by atoms with Gasteiger partial charge in [-0.25, -0.2) is 13.2 Å². The Morgan fingerprint density at radius 2 is 1.81 bits per heavy atom. The second-order valence-corrected chi connectivity index (χ2v) is 7.44. The Morgan fingerprint density at radius 1 is 1.15 bits per heavy atom. The third-order valence-electron chi connectivity index (χ3n) is 3.75. The number of carboxylic acid groups (broad SMARTS) is 1. The molecule has 2 aromatic carbocycles. The molecule has 0 fully saturated rings. The van der Waals surface area contributed by atoms with Crippen molar-refractivity contribution in [1.29, 1.82) is 0 Å². The van der Waals surface area contributed by atoms with E-state index in [1.54, 1.807) is 30.3 Å². The lowest BCUT2D eigenvalue weighted by atomic mass is 10.0. The number of aromatic carboxylic acids is 1. The highest BCUT2D eigenvalue weighted by Gasteiger charge is 2.22. The summed E-state index contributed by atoms with van der Waals surface area (Å²) in [4.78, 5) is 11.7. The van der Waals surface area contributed by atoms with Gasteiger partial charge in [0.25, 0.3) is 0 Å². The monoisotopic (exact) mass is 399 g/mol. The molecule has 0 heterocycles. The number of nitrogens with two attached hydrogens (primary N) is 1. The lowest BCUT2D eigenvalue weighted by Crippen LogP contribution is -2.15. The summed E-state index contributed by atoms with van der Waals surface area (Å²) in [6, 6.07) is 11.1. The Morgan fingerprint density at radius 3 is 2.35 bits per heavy atom.